The zero-order chi connectivity index (χ0) is 24.2. The van der Waals surface area contributed by atoms with Crippen molar-refractivity contribution in [1.82, 2.24) is 28.9 Å². The third-order valence-corrected chi connectivity index (χ3v) is 6.53. The average Bonchev–Trinajstić information content (AvgIpc) is 3.29. The second-order valence-corrected chi connectivity index (χ2v) is 8.71. The molecule has 4 rings (SSSR count). The van der Waals surface area contributed by atoms with Crippen LogP contribution in [0.3, 0.4) is 0 Å². The molecule has 0 saturated carbocycles. The molecule has 0 radical (unpaired) electrons. The van der Waals surface area contributed by atoms with Crippen molar-refractivity contribution in [2.24, 2.45) is 14.1 Å². The lowest BCUT2D eigenvalue weighted by molar-refractivity contribution is -0.135. The van der Waals surface area contributed by atoms with Gasteiger partial charge in [-0.25, -0.2) is 9.78 Å². The molecule has 10 nitrogen and oxygen atoms in total. The normalized spacial score (nSPS) is 16.1. The van der Waals surface area contributed by atoms with Crippen molar-refractivity contribution in [3.8, 4) is 0 Å². The number of rotatable bonds is 7. The van der Waals surface area contributed by atoms with E-state index >= 15 is 0 Å². The van der Waals surface area contributed by atoms with Crippen LogP contribution in [0.4, 0.5) is 0 Å². The second kappa shape index (κ2) is 10.1. The molecule has 1 N–H and O–H groups in total. The molecule has 0 bridgehead atoms. The van der Waals surface area contributed by atoms with Gasteiger partial charge in [0, 0.05) is 51.8 Å². The van der Waals surface area contributed by atoms with Gasteiger partial charge in [0.2, 0.25) is 5.91 Å². The number of hydrogen-bond acceptors (Lipinski definition) is 5. The second-order valence-electron chi connectivity index (χ2n) is 8.71. The molecular weight excluding hydrogens is 436 g/mol. The Bertz CT molecular complexity index is 1310. The molecule has 0 aliphatic carbocycles. The number of nitrogens with zero attached hydrogens (tertiary/aromatic N) is 5. The summed E-state index contributed by atoms with van der Waals surface area (Å²) in [6, 6.07) is 9.15. The Morgan fingerprint density at radius 1 is 1.09 bits per heavy atom. The van der Waals surface area contributed by atoms with E-state index in [2.05, 4.69) is 10.3 Å². The van der Waals surface area contributed by atoms with Gasteiger partial charge in [-0.1, -0.05) is 18.2 Å². The highest BCUT2D eigenvalue weighted by molar-refractivity contribution is 5.94. The summed E-state index contributed by atoms with van der Waals surface area (Å²) in [6.45, 7) is 1.49. The predicted molar refractivity (Wildman–Crippen MR) is 128 cm³/mol. The minimum Gasteiger partial charge on any atom is -0.352 e. The number of aromatic nitrogens is 4. The number of aryl methyl sites for hydroxylation is 2. The summed E-state index contributed by atoms with van der Waals surface area (Å²) in [5.41, 5.74) is 0.388. The fraction of sp³-hybridized carbons (Fsp3) is 0.458. The van der Waals surface area contributed by atoms with Gasteiger partial charge in [-0.3, -0.25) is 23.5 Å². The molecule has 3 aromatic rings. The summed E-state index contributed by atoms with van der Waals surface area (Å²) in [4.78, 5) is 56.2. The molecule has 1 saturated heterocycles. The summed E-state index contributed by atoms with van der Waals surface area (Å²) in [7, 11) is 3.00. The molecule has 2 amide bonds. The number of amides is 2. The van der Waals surface area contributed by atoms with Gasteiger partial charge in [-0.15, -0.1) is 0 Å². The number of fused-ring (bicyclic) bond motifs is 1. The summed E-state index contributed by atoms with van der Waals surface area (Å²) in [5, 5.41) is 2.95. The van der Waals surface area contributed by atoms with Crippen LogP contribution in [0.15, 0.2) is 46.2 Å². The first kappa shape index (κ1) is 23.5. The van der Waals surface area contributed by atoms with Crippen LogP contribution < -0.4 is 16.6 Å². The van der Waals surface area contributed by atoms with E-state index in [1.54, 1.807) is 23.7 Å². The Morgan fingerprint density at radius 3 is 2.62 bits per heavy atom. The van der Waals surface area contributed by atoms with Crippen LogP contribution in [0.5, 0.6) is 0 Å². The molecule has 1 aliphatic rings. The fourth-order valence-corrected chi connectivity index (χ4v) is 4.60. The summed E-state index contributed by atoms with van der Waals surface area (Å²) >= 11 is 0. The Hall–Kier alpha value is -3.69. The molecule has 0 spiro atoms. The quantitative estimate of drug-likeness (QED) is 0.559. The average molecular weight is 467 g/mol. The summed E-state index contributed by atoms with van der Waals surface area (Å²) in [5.74, 6) is -0.0974. The molecule has 10 heteroatoms. The van der Waals surface area contributed by atoms with Gasteiger partial charge in [0.25, 0.3) is 11.5 Å². The Morgan fingerprint density at radius 2 is 1.85 bits per heavy atom. The number of benzene rings is 1. The van der Waals surface area contributed by atoms with E-state index in [0.29, 0.717) is 42.8 Å². The number of carbonyl (C=O) groups is 2. The molecule has 34 heavy (non-hydrogen) atoms. The molecule has 3 heterocycles. The maximum Gasteiger partial charge on any atom is 0.332 e. The van der Waals surface area contributed by atoms with Gasteiger partial charge in [0.1, 0.15) is 0 Å². The first-order valence-electron chi connectivity index (χ1n) is 11.6. The van der Waals surface area contributed by atoms with Crippen LogP contribution in [-0.2, 0) is 25.4 Å². The first-order chi connectivity index (χ1) is 16.4. The van der Waals surface area contributed by atoms with E-state index in [9.17, 15) is 19.2 Å². The van der Waals surface area contributed by atoms with Crippen LogP contribution in [0.1, 0.15) is 42.5 Å². The van der Waals surface area contributed by atoms with Gasteiger partial charge >= 0.3 is 5.69 Å². The van der Waals surface area contributed by atoms with Crippen LogP contribution >= 0.6 is 0 Å². The number of likely N-dealkylation sites (tertiary alicyclic amines) is 1. The summed E-state index contributed by atoms with van der Waals surface area (Å²) < 4.78 is 4.03. The van der Waals surface area contributed by atoms with E-state index < -0.39 is 11.2 Å². The molecule has 1 atom stereocenters. The first-order valence-corrected chi connectivity index (χ1v) is 11.6. The molecule has 2 aromatic heterocycles. The van der Waals surface area contributed by atoms with E-state index in [-0.39, 0.29) is 24.3 Å². The lowest BCUT2D eigenvalue weighted by atomic mass is 9.98. The lowest BCUT2D eigenvalue weighted by Gasteiger charge is -2.36. The molecule has 180 valence electrons. The number of piperidine rings is 1. The van der Waals surface area contributed by atoms with Gasteiger partial charge in [-0.05, 0) is 37.8 Å². The third kappa shape index (κ3) is 4.66. The standard InChI is InChI=1S/C24H30N6O4/c1-27-21-20(23(33)28(2)24(27)34)29(16-26-21)15-12-19(31)30-14-7-6-10-18(30)11-13-25-22(32)17-8-4-3-5-9-17/h3-5,8-9,16,18H,6-7,10-15H2,1-2H3,(H,25,32)/t18-/m0/s1. The minimum atomic E-state index is -0.436. The largest absolute Gasteiger partial charge is 0.352 e. The summed E-state index contributed by atoms with van der Waals surface area (Å²) in [6.07, 6.45) is 5.34. The van der Waals surface area contributed by atoms with Crippen molar-refractivity contribution in [3.63, 3.8) is 0 Å². The Kier molecular flexibility index (Phi) is 6.95. The number of nitrogens with one attached hydrogen (secondary N) is 1. The maximum atomic E-state index is 13.1. The van der Waals surface area contributed by atoms with Crippen LogP contribution in [-0.4, -0.2) is 54.5 Å². The highest BCUT2D eigenvalue weighted by Gasteiger charge is 2.26. The van der Waals surface area contributed by atoms with Crippen molar-refractivity contribution in [2.75, 3.05) is 13.1 Å². The predicted octanol–water partition coefficient (Wildman–Crippen LogP) is 1.03. The number of carbonyl (C=O) groups excluding carboxylic acids is 2. The van der Waals surface area contributed by atoms with Crippen LogP contribution in [0.2, 0.25) is 0 Å². The van der Waals surface area contributed by atoms with E-state index in [1.165, 1.54) is 17.9 Å². The Balaban J connectivity index is 1.38. The van der Waals surface area contributed by atoms with Crippen molar-refractivity contribution in [2.45, 2.75) is 44.7 Å². The highest BCUT2D eigenvalue weighted by Crippen LogP contribution is 2.21. The topological polar surface area (TPSA) is 111 Å². The molecule has 1 fully saturated rings. The zero-order valence-corrected chi connectivity index (χ0v) is 19.6. The van der Waals surface area contributed by atoms with Crippen molar-refractivity contribution < 1.29 is 9.59 Å². The minimum absolute atomic E-state index is 0.0163. The monoisotopic (exact) mass is 466 g/mol. The zero-order valence-electron chi connectivity index (χ0n) is 19.6. The molecule has 1 aromatic carbocycles. The van der Waals surface area contributed by atoms with E-state index in [0.717, 1.165) is 23.8 Å². The van der Waals surface area contributed by atoms with Crippen molar-refractivity contribution in [1.29, 1.82) is 0 Å². The molecular formula is C24H30N6O4. The highest BCUT2D eigenvalue weighted by atomic mass is 16.2. The van der Waals surface area contributed by atoms with Gasteiger partial charge in [0.05, 0.1) is 6.33 Å². The van der Waals surface area contributed by atoms with Gasteiger partial charge in [-0.2, -0.15) is 0 Å². The molecule has 0 unspecified atom stereocenters. The maximum absolute atomic E-state index is 13.1. The lowest BCUT2D eigenvalue weighted by Crippen LogP contribution is -2.45. The smallest absolute Gasteiger partial charge is 0.332 e. The third-order valence-electron chi connectivity index (χ3n) is 6.53. The van der Waals surface area contributed by atoms with Crippen LogP contribution in [0, 0.1) is 0 Å². The SMILES string of the molecule is Cn1c(=O)c2c(ncn2CCC(=O)N2CCCC[C@H]2CCNC(=O)c2ccccc2)n(C)c1=O. The van der Waals surface area contributed by atoms with E-state index in [1.807, 2.05) is 23.1 Å². The number of imidazole rings is 1. The van der Waals surface area contributed by atoms with Crippen molar-refractivity contribution in [3.05, 3.63) is 63.1 Å². The van der Waals surface area contributed by atoms with E-state index in [4.69, 9.17) is 0 Å². The number of hydrogen-bond donors (Lipinski definition) is 1. The van der Waals surface area contributed by atoms with Gasteiger partial charge < -0.3 is 14.8 Å². The Labute approximate surface area is 196 Å². The van der Waals surface area contributed by atoms with Crippen LogP contribution in [0.25, 0.3) is 11.2 Å². The fourth-order valence-electron chi connectivity index (χ4n) is 4.60. The molecule has 1 aliphatic heterocycles. The van der Waals surface area contributed by atoms with Crippen molar-refractivity contribution >= 4 is 23.0 Å². The van der Waals surface area contributed by atoms with Gasteiger partial charge in [0.15, 0.2) is 11.2 Å².